The van der Waals surface area contributed by atoms with Gasteiger partial charge in [-0.3, -0.25) is 0 Å². The number of nitrogens with zero attached hydrogens (tertiary/aromatic N) is 1. The lowest BCUT2D eigenvalue weighted by Gasteiger charge is -2.11. The van der Waals surface area contributed by atoms with E-state index in [-0.39, 0.29) is 0 Å². The standard InChI is InChI=1S/C50H33N/c1-2-9-34(10-3-1)42-25-29-49-47(32-42)48-33-43(37-19-17-36(18-20-37)41-22-21-35-11-4-5-13-40(35)31-41)26-30-50(48)51(49)44-27-23-39(24-28-44)46-16-8-14-38-12-6-7-15-45(38)46/h1-33H. The van der Waals surface area contributed by atoms with Crippen molar-refractivity contribution in [2.24, 2.45) is 0 Å². The molecule has 0 unspecified atom stereocenters. The Bertz CT molecular complexity index is 2870. The highest BCUT2D eigenvalue weighted by Gasteiger charge is 2.15. The fourth-order valence-electron chi connectivity index (χ4n) is 7.78. The van der Waals surface area contributed by atoms with E-state index in [9.17, 15) is 0 Å². The molecule has 10 aromatic rings. The fourth-order valence-corrected chi connectivity index (χ4v) is 7.78. The molecule has 0 amide bonds. The Kier molecular flexibility index (Phi) is 6.89. The highest BCUT2D eigenvalue weighted by Crippen LogP contribution is 2.38. The van der Waals surface area contributed by atoms with Crippen LogP contribution in [0, 0.1) is 0 Å². The highest BCUT2D eigenvalue weighted by molar-refractivity contribution is 6.11. The lowest BCUT2D eigenvalue weighted by atomic mass is 9.97. The third-order valence-electron chi connectivity index (χ3n) is 10.4. The molecule has 0 atom stereocenters. The van der Waals surface area contributed by atoms with Crippen LogP contribution < -0.4 is 0 Å². The number of benzene rings is 9. The summed E-state index contributed by atoms with van der Waals surface area (Å²) in [6.07, 6.45) is 0. The second-order valence-electron chi connectivity index (χ2n) is 13.4. The first-order valence-corrected chi connectivity index (χ1v) is 17.6. The van der Waals surface area contributed by atoms with Crippen molar-refractivity contribution in [2.45, 2.75) is 0 Å². The SMILES string of the molecule is c1ccc(-c2ccc3c(c2)c2cc(-c4ccc(-c5ccc6ccccc6c5)cc4)ccc2n3-c2ccc(-c3cccc4ccccc34)cc2)cc1. The highest BCUT2D eigenvalue weighted by atomic mass is 15.0. The third-order valence-corrected chi connectivity index (χ3v) is 10.4. The van der Waals surface area contributed by atoms with E-state index in [1.165, 1.54) is 87.9 Å². The first kappa shape index (κ1) is 29.2. The van der Waals surface area contributed by atoms with Crippen molar-refractivity contribution < 1.29 is 0 Å². The Balaban J connectivity index is 1.09. The van der Waals surface area contributed by atoms with Gasteiger partial charge in [-0.05, 0) is 109 Å². The first-order valence-electron chi connectivity index (χ1n) is 17.6. The molecule has 238 valence electrons. The van der Waals surface area contributed by atoms with Crippen molar-refractivity contribution in [1.82, 2.24) is 4.57 Å². The van der Waals surface area contributed by atoms with Crippen LogP contribution in [0.2, 0.25) is 0 Å². The summed E-state index contributed by atoms with van der Waals surface area (Å²) in [5.41, 5.74) is 13.3. The number of fused-ring (bicyclic) bond motifs is 5. The van der Waals surface area contributed by atoms with Crippen molar-refractivity contribution >= 4 is 43.4 Å². The largest absolute Gasteiger partial charge is 0.309 e. The number of hydrogen-bond acceptors (Lipinski definition) is 0. The molecule has 10 rings (SSSR count). The summed E-state index contributed by atoms with van der Waals surface area (Å²) in [6, 6.07) is 73.0. The van der Waals surface area contributed by atoms with Gasteiger partial charge in [-0.1, -0.05) is 158 Å². The van der Waals surface area contributed by atoms with Crippen LogP contribution in [0.15, 0.2) is 200 Å². The van der Waals surface area contributed by atoms with Gasteiger partial charge in [-0.15, -0.1) is 0 Å². The molecule has 9 aromatic carbocycles. The van der Waals surface area contributed by atoms with E-state index < -0.39 is 0 Å². The summed E-state index contributed by atoms with van der Waals surface area (Å²) in [6.45, 7) is 0. The normalized spacial score (nSPS) is 11.5. The van der Waals surface area contributed by atoms with Gasteiger partial charge in [-0.2, -0.15) is 0 Å². The Hall–Kier alpha value is -6.70. The molecule has 0 N–H and O–H groups in total. The molecule has 0 saturated heterocycles. The zero-order valence-corrected chi connectivity index (χ0v) is 28.0. The Morgan fingerprint density at radius 3 is 1.43 bits per heavy atom. The topological polar surface area (TPSA) is 4.93 Å². The molecular formula is C50H33N. The van der Waals surface area contributed by atoms with Gasteiger partial charge in [0.15, 0.2) is 0 Å². The van der Waals surface area contributed by atoms with Gasteiger partial charge in [0.2, 0.25) is 0 Å². The van der Waals surface area contributed by atoms with Crippen LogP contribution >= 0.6 is 0 Å². The molecule has 1 aromatic heterocycles. The maximum atomic E-state index is 2.42. The van der Waals surface area contributed by atoms with Crippen LogP contribution in [0.3, 0.4) is 0 Å². The molecule has 0 spiro atoms. The molecule has 1 nitrogen and oxygen atoms in total. The van der Waals surface area contributed by atoms with Crippen LogP contribution in [-0.2, 0) is 0 Å². The van der Waals surface area contributed by atoms with E-state index in [1.54, 1.807) is 0 Å². The predicted octanol–water partition coefficient (Wildman–Crippen LogP) is 13.8. The smallest absolute Gasteiger partial charge is 0.0541 e. The summed E-state index contributed by atoms with van der Waals surface area (Å²) in [5, 5.41) is 7.56. The second-order valence-corrected chi connectivity index (χ2v) is 13.4. The monoisotopic (exact) mass is 647 g/mol. The predicted molar refractivity (Wildman–Crippen MR) is 218 cm³/mol. The van der Waals surface area contributed by atoms with Gasteiger partial charge < -0.3 is 4.57 Å². The average Bonchev–Trinajstić information content (AvgIpc) is 3.54. The maximum absolute atomic E-state index is 2.42. The number of hydrogen-bond donors (Lipinski definition) is 0. The van der Waals surface area contributed by atoms with E-state index in [0.717, 1.165) is 5.69 Å². The minimum absolute atomic E-state index is 1.15. The maximum Gasteiger partial charge on any atom is 0.0541 e. The molecular weight excluding hydrogens is 615 g/mol. The van der Waals surface area contributed by atoms with Gasteiger partial charge in [0.1, 0.15) is 0 Å². The van der Waals surface area contributed by atoms with Crippen molar-refractivity contribution in [2.75, 3.05) is 0 Å². The summed E-state index contributed by atoms with van der Waals surface area (Å²) < 4.78 is 2.42. The molecule has 0 fully saturated rings. The average molecular weight is 648 g/mol. The van der Waals surface area contributed by atoms with Crippen molar-refractivity contribution in [3.8, 4) is 50.2 Å². The van der Waals surface area contributed by atoms with Crippen molar-refractivity contribution in [3.63, 3.8) is 0 Å². The molecule has 0 radical (unpaired) electrons. The molecule has 51 heavy (non-hydrogen) atoms. The minimum atomic E-state index is 1.15. The fraction of sp³-hybridized carbons (Fsp3) is 0. The van der Waals surface area contributed by atoms with E-state index >= 15 is 0 Å². The van der Waals surface area contributed by atoms with Gasteiger partial charge in [0, 0.05) is 16.5 Å². The van der Waals surface area contributed by atoms with E-state index in [2.05, 4.69) is 205 Å². The molecule has 1 heteroatoms. The molecule has 0 bridgehead atoms. The molecule has 0 saturated carbocycles. The summed E-state index contributed by atoms with van der Waals surface area (Å²) in [7, 11) is 0. The Labute approximate surface area is 297 Å². The van der Waals surface area contributed by atoms with E-state index in [4.69, 9.17) is 0 Å². The first-order chi connectivity index (χ1) is 25.3. The second kappa shape index (κ2) is 12.0. The minimum Gasteiger partial charge on any atom is -0.309 e. The number of aromatic nitrogens is 1. The van der Waals surface area contributed by atoms with Gasteiger partial charge in [-0.25, -0.2) is 0 Å². The Morgan fingerprint density at radius 2 is 0.745 bits per heavy atom. The van der Waals surface area contributed by atoms with Crippen LogP contribution in [-0.4, -0.2) is 4.57 Å². The van der Waals surface area contributed by atoms with Crippen LogP contribution in [0.1, 0.15) is 0 Å². The quantitative estimate of drug-likeness (QED) is 0.175. The van der Waals surface area contributed by atoms with Crippen molar-refractivity contribution in [1.29, 1.82) is 0 Å². The van der Waals surface area contributed by atoms with E-state index in [1.807, 2.05) is 0 Å². The van der Waals surface area contributed by atoms with Gasteiger partial charge >= 0.3 is 0 Å². The summed E-state index contributed by atoms with van der Waals surface area (Å²) in [5.74, 6) is 0. The molecule has 0 aliphatic heterocycles. The van der Waals surface area contributed by atoms with Crippen LogP contribution in [0.4, 0.5) is 0 Å². The van der Waals surface area contributed by atoms with Gasteiger partial charge in [0.25, 0.3) is 0 Å². The zero-order valence-electron chi connectivity index (χ0n) is 28.0. The molecule has 1 heterocycles. The van der Waals surface area contributed by atoms with Crippen molar-refractivity contribution in [3.05, 3.63) is 200 Å². The van der Waals surface area contributed by atoms with E-state index in [0.29, 0.717) is 0 Å². The lowest BCUT2D eigenvalue weighted by molar-refractivity contribution is 1.18. The molecule has 0 aliphatic rings. The Morgan fingerprint density at radius 1 is 0.255 bits per heavy atom. The van der Waals surface area contributed by atoms with Crippen LogP contribution in [0.5, 0.6) is 0 Å². The zero-order chi connectivity index (χ0) is 33.7. The third kappa shape index (κ3) is 5.10. The molecule has 0 aliphatic carbocycles. The summed E-state index contributed by atoms with van der Waals surface area (Å²) >= 11 is 0. The number of rotatable bonds is 5. The summed E-state index contributed by atoms with van der Waals surface area (Å²) in [4.78, 5) is 0. The lowest BCUT2D eigenvalue weighted by Crippen LogP contribution is -1.94. The van der Waals surface area contributed by atoms with Crippen LogP contribution in [0.25, 0.3) is 93.5 Å². The van der Waals surface area contributed by atoms with Gasteiger partial charge in [0.05, 0.1) is 11.0 Å².